The summed E-state index contributed by atoms with van der Waals surface area (Å²) in [5, 5.41) is 10.5. The van der Waals surface area contributed by atoms with Crippen molar-refractivity contribution < 1.29 is 4.92 Å². The Labute approximate surface area is 115 Å². The Morgan fingerprint density at radius 2 is 1.58 bits per heavy atom. The van der Waals surface area contributed by atoms with E-state index in [1.54, 1.807) is 23.9 Å². The van der Waals surface area contributed by atoms with Gasteiger partial charge in [-0.2, -0.15) is 0 Å². The Balaban J connectivity index is 1.95. The van der Waals surface area contributed by atoms with Gasteiger partial charge in [0, 0.05) is 29.3 Å². The Morgan fingerprint density at radius 3 is 2.11 bits per heavy atom. The van der Waals surface area contributed by atoms with Gasteiger partial charge in [0.2, 0.25) is 0 Å². The van der Waals surface area contributed by atoms with Crippen LogP contribution >= 0.6 is 11.8 Å². The standard InChI is InChI=1S/C14H14N2O2S/c15-9-11-3-7-14(8-4-11)19-10-12-1-5-13(6-2-12)16(17)18/h1-8H,9-10,15H2. The highest BCUT2D eigenvalue weighted by molar-refractivity contribution is 7.98. The highest BCUT2D eigenvalue weighted by Crippen LogP contribution is 2.24. The van der Waals surface area contributed by atoms with Gasteiger partial charge in [-0.05, 0) is 23.3 Å². The van der Waals surface area contributed by atoms with Crippen LogP contribution in [-0.4, -0.2) is 4.92 Å². The van der Waals surface area contributed by atoms with Gasteiger partial charge < -0.3 is 5.73 Å². The van der Waals surface area contributed by atoms with Crippen molar-refractivity contribution in [3.8, 4) is 0 Å². The average molecular weight is 274 g/mol. The van der Waals surface area contributed by atoms with E-state index >= 15 is 0 Å². The molecule has 0 heterocycles. The number of nitro groups is 1. The normalized spacial score (nSPS) is 10.4. The SMILES string of the molecule is NCc1ccc(SCc2ccc([N+](=O)[O-])cc2)cc1. The maximum Gasteiger partial charge on any atom is 0.269 e. The van der Waals surface area contributed by atoms with E-state index in [1.807, 2.05) is 24.3 Å². The van der Waals surface area contributed by atoms with E-state index in [0.29, 0.717) is 6.54 Å². The number of hydrogen-bond acceptors (Lipinski definition) is 4. The average Bonchev–Trinajstić information content (AvgIpc) is 2.46. The van der Waals surface area contributed by atoms with Crippen LogP contribution < -0.4 is 5.73 Å². The number of nitrogens with two attached hydrogens (primary N) is 1. The molecule has 0 aliphatic carbocycles. The molecule has 0 radical (unpaired) electrons. The third-order valence-corrected chi connectivity index (χ3v) is 3.79. The van der Waals surface area contributed by atoms with Gasteiger partial charge in [-0.15, -0.1) is 11.8 Å². The summed E-state index contributed by atoms with van der Waals surface area (Å²) in [6, 6.07) is 14.8. The van der Waals surface area contributed by atoms with Crippen molar-refractivity contribution in [3.63, 3.8) is 0 Å². The van der Waals surface area contributed by atoms with Crippen LogP contribution in [0.4, 0.5) is 5.69 Å². The molecule has 4 nitrogen and oxygen atoms in total. The van der Waals surface area contributed by atoms with Gasteiger partial charge in [-0.1, -0.05) is 24.3 Å². The quantitative estimate of drug-likeness (QED) is 0.515. The first-order valence-corrected chi connectivity index (χ1v) is 6.83. The summed E-state index contributed by atoms with van der Waals surface area (Å²) >= 11 is 1.70. The summed E-state index contributed by atoms with van der Waals surface area (Å²) in [6.45, 7) is 0.549. The number of rotatable bonds is 5. The second-order valence-electron chi connectivity index (χ2n) is 4.06. The van der Waals surface area contributed by atoms with Crippen molar-refractivity contribution in [1.82, 2.24) is 0 Å². The lowest BCUT2D eigenvalue weighted by Gasteiger charge is -2.03. The Bertz CT molecular complexity index is 553. The Morgan fingerprint density at radius 1 is 1.00 bits per heavy atom. The molecule has 0 bridgehead atoms. The summed E-state index contributed by atoms with van der Waals surface area (Å²) < 4.78 is 0. The first-order valence-electron chi connectivity index (χ1n) is 5.84. The highest BCUT2D eigenvalue weighted by Gasteiger charge is 2.04. The molecule has 0 aliphatic rings. The Hall–Kier alpha value is -1.85. The second-order valence-corrected chi connectivity index (χ2v) is 5.11. The van der Waals surface area contributed by atoms with Crippen LogP contribution in [0, 0.1) is 10.1 Å². The molecule has 0 spiro atoms. The summed E-state index contributed by atoms with van der Waals surface area (Å²) in [4.78, 5) is 11.3. The summed E-state index contributed by atoms with van der Waals surface area (Å²) in [7, 11) is 0. The Kier molecular flexibility index (Phi) is 4.54. The topological polar surface area (TPSA) is 69.2 Å². The molecular formula is C14H14N2O2S. The molecule has 2 rings (SSSR count). The van der Waals surface area contributed by atoms with Crippen LogP contribution in [0.15, 0.2) is 53.4 Å². The van der Waals surface area contributed by atoms with E-state index < -0.39 is 0 Å². The molecule has 2 N–H and O–H groups in total. The number of non-ortho nitro benzene ring substituents is 1. The van der Waals surface area contributed by atoms with Crippen molar-refractivity contribution in [3.05, 3.63) is 69.8 Å². The lowest BCUT2D eigenvalue weighted by molar-refractivity contribution is -0.384. The minimum Gasteiger partial charge on any atom is -0.326 e. The van der Waals surface area contributed by atoms with Crippen LogP contribution in [0.2, 0.25) is 0 Å². The minimum absolute atomic E-state index is 0.126. The molecule has 0 saturated carbocycles. The molecule has 2 aromatic carbocycles. The highest BCUT2D eigenvalue weighted by atomic mass is 32.2. The molecule has 0 atom stereocenters. The van der Waals surface area contributed by atoms with Crippen LogP contribution in [0.25, 0.3) is 0 Å². The summed E-state index contributed by atoms with van der Waals surface area (Å²) in [6.07, 6.45) is 0. The molecule has 5 heteroatoms. The maximum atomic E-state index is 10.5. The third-order valence-electron chi connectivity index (χ3n) is 2.71. The van der Waals surface area contributed by atoms with Gasteiger partial charge in [0.25, 0.3) is 5.69 Å². The third kappa shape index (κ3) is 3.81. The first kappa shape index (κ1) is 13.6. The number of nitrogens with zero attached hydrogens (tertiary/aromatic N) is 1. The fourth-order valence-electron chi connectivity index (χ4n) is 1.60. The van der Waals surface area contributed by atoms with E-state index in [4.69, 9.17) is 5.73 Å². The van der Waals surface area contributed by atoms with E-state index in [9.17, 15) is 10.1 Å². The lowest BCUT2D eigenvalue weighted by atomic mass is 10.2. The predicted molar refractivity (Wildman–Crippen MR) is 77.0 cm³/mol. The van der Waals surface area contributed by atoms with Crippen molar-refractivity contribution in [2.24, 2.45) is 5.73 Å². The fraction of sp³-hybridized carbons (Fsp3) is 0.143. The van der Waals surface area contributed by atoms with Crippen molar-refractivity contribution in [2.75, 3.05) is 0 Å². The predicted octanol–water partition coefficient (Wildman–Crippen LogP) is 3.35. The summed E-state index contributed by atoms with van der Waals surface area (Å²) in [5.74, 6) is 0.792. The molecule has 2 aromatic rings. The van der Waals surface area contributed by atoms with Crippen LogP contribution in [-0.2, 0) is 12.3 Å². The van der Waals surface area contributed by atoms with Crippen LogP contribution in [0.5, 0.6) is 0 Å². The largest absolute Gasteiger partial charge is 0.326 e. The minimum atomic E-state index is -0.386. The van der Waals surface area contributed by atoms with E-state index in [0.717, 1.165) is 21.8 Å². The molecular weight excluding hydrogens is 260 g/mol. The monoisotopic (exact) mass is 274 g/mol. The second kappa shape index (κ2) is 6.36. The van der Waals surface area contributed by atoms with Gasteiger partial charge >= 0.3 is 0 Å². The number of benzene rings is 2. The zero-order valence-electron chi connectivity index (χ0n) is 10.3. The number of thioether (sulfide) groups is 1. The van der Waals surface area contributed by atoms with Crippen LogP contribution in [0.1, 0.15) is 11.1 Å². The van der Waals surface area contributed by atoms with E-state index in [-0.39, 0.29) is 10.6 Å². The zero-order valence-corrected chi connectivity index (χ0v) is 11.1. The van der Waals surface area contributed by atoms with E-state index in [1.165, 1.54) is 12.1 Å². The van der Waals surface area contributed by atoms with Gasteiger partial charge in [-0.3, -0.25) is 10.1 Å². The molecule has 0 aliphatic heterocycles. The molecule has 0 fully saturated rings. The molecule has 19 heavy (non-hydrogen) atoms. The lowest BCUT2D eigenvalue weighted by Crippen LogP contribution is -1.94. The number of nitro benzene ring substituents is 1. The fourth-order valence-corrected chi connectivity index (χ4v) is 2.46. The van der Waals surface area contributed by atoms with Gasteiger partial charge in [0.15, 0.2) is 0 Å². The van der Waals surface area contributed by atoms with E-state index in [2.05, 4.69) is 0 Å². The van der Waals surface area contributed by atoms with Gasteiger partial charge in [0.1, 0.15) is 0 Å². The molecule has 0 amide bonds. The zero-order chi connectivity index (χ0) is 13.7. The van der Waals surface area contributed by atoms with Gasteiger partial charge in [0.05, 0.1) is 4.92 Å². The van der Waals surface area contributed by atoms with Crippen molar-refractivity contribution >= 4 is 17.4 Å². The maximum absolute atomic E-state index is 10.5. The molecule has 0 aromatic heterocycles. The summed E-state index contributed by atoms with van der Waals surface area (Å²) in [5.41, 5.74) is 7.85. The van der Waals surface area contributed by atoms with Crippen molar-refractivity contribution in [1.29, 1.82) is 0 Å². The first-order chi connectivity index (χ1) is 9.19. The molecule has 0 unspecified atom stereocenters. The van der Waals surface area contributed by atoms with Crippen molar-refractivity contribution in [2.45, 2.75) is 17.2 Å². The van der Waals surface area contributed by atoms with Crippen LogP contribution in [0.3, 0.4) is 0 Å². The molecule has 0 saturated heterocycles. The smallest absolute Gasteiger partial charge is 0.269 e. The number of hydrogen-bond donors (Lipinski definition) is 1. The van der Waals surface area contributed by atoms with Gasteiger partial charge in [-0.25, -0.2) is 0 Å². The molecule has 98 valence electrons.